The molecule has 2 aliphatic rings. The Morgan fingerprint density at radius 1 is 1.17 bits per heavy atom. The fourth-order valence-electron chi connectivity index (χ4n) is 3.99. The molecule has 2 nitrogen and oxygen atoms in total. The minimum absolute atomic E-state index is 0.461. The normalized spacial score (nSPS) is 39.2. The molecule has 1 saturated heterocycles. The van der Waals surface area contributed by atoms with E-state index in [-0.39, 0.29) is 0 Å². The summed E-state index contributed by atoms with van der Waals surface area (Å²) in [5.74, 6) is 2.51. The van der Waals surface area contributed by atoms with Crippen molar-refractivity contribution >= 4 is 0 Å². The molecule has 4 unspecified atom stereocenters. The van der Waals surface area contributed by atoms with Crippen LogP contribution in [0.3, 0.4) is 0 Å². The van der Waals surface area contributed by atoms with E-state index in [1.54, 1.807) is 0 Å². The minimum Gasteiger partial charge on any atom is -0.330 e. The minimum atomic E-state index is 0.461. The van der Waals surface area contributed by atoms with E-state index in [0.717, 1.165) is 30.3 Å². The molecule has 1 aliphatic carbocycles. The second-order valence-electron chi connectivity index (χ2n) is 7.83. The zero-order valence-electron chi connectivity index (χ0n) is 12.8. The predicted octanol–water partition coefficient (Wildman–Crippen LogP) is 3.12. The van der Waals surface area contributed by atoms with Gasteiger partial charge in [-0.25, -0.2) is 0 Å². The van der Waals surface area contributed by atoms with Crippen LogP contribution < -0.4 is 5.73 Å². The average Bonchev–Trinajstić information content (AvgIpc) is 2.73. The molecule has 0 amide bonds. The summed E-state index contributed by atoms with van der Waals surface area (Å²) in [6, 6.07) is 0.762. The molecule has 2 rings (SSSR count). The topological polar surface area (TPSA) is 29.3 Å². The van der Waals surface area contributed by atoms with E-state index in [1.807, 2.05) is 0 Å². The van der Waals surface area contributed by atoms with Gasteiger partial charge in [0.2, 0.25) is 0 Å². The van der Waals surface area contributed by atoms with Crippen LogP contribution >= 0.6 is 0 Å². The third-order valence-corrected chi connectivity index (χ3v) is 5.41. The molecule has 1 saturated carbocycles. The van der Waals surface area contributed by atoms with Gasteiger partial charge in [0.1, 0.15) is 0 Å². The standard InChI is InChI=1S/C16H32N2/c1-12-7-8-18(11-12)15-9-14(16(2,3)4)6-5-13(15)10-17/h12-15H,5-11,17H2,1-4H3. The number of hydrogen-bond donors (Lipinski definition) is 1. The van der Waals surface area contributed by atoms with E-state index in [1.165, 1.54) is 38.8 Å². The van der Waals surface area contributed by atoms with Crippen molar-refractivity contribution in [2.24, 2.45) is 28.9 Å². The highest BCUT2D eigenvalue weighted by molar-refractivity contribution is 4.93. The summed E-state index contributed by atoms with van der Waals surface area (Å²) in [5.41, 5.74) is 6.49. The van der Waals surface area contributed by atoms with Crippen molar-refractivity contribution in [1.82, 2.24) is 4.90 Å². The highest BCUT2D eigenvalue weighted by Crippen LogP contribution is 2.42. The quantitative estimate of drug-likeness (QED) is 0.818. The molecular weight excluding hydrogens is 220 g/mol. The fraction of sp³-hybridized carbons (Fsp3) is 1.00. The van der Waals surface area contributed by atoms with Gasteiger partial charge in [0.05, 0.1) is 0 Å². The molecule has 0 spiro atoms. The number of likely N-dealkylation sites (tertiary alicyclic amines) is 1. The predicted molar refractivity (Wildman–Crippen MR) is 78.5 cm³/mol. The molecular formula is C16H32N2. The molecule has 0 bridgehead atoms. The molecule has 1 heterocycles. The van der Waals surface area contributed by atoms with E-state index in [9.17, 15) is 0 Å². The highest BCUT2D eigenvalue weighted by atomic mass is 15.2. The molecule has 0 aromatic carbocycles. The summed E-state index contributed by atoms with van der Waals surface area (Å²) in [4.78, 5) is 2.75. The number of rotatable bonds is 2. The van der Waals surface area contributed by atoms with Crippen molar-refractivity contribution in [3.63, 3.8) is 0 Å². The summed E-state index contributed by atoms with van der Waals surface area (Å²) in [7, 11) is 0. The maximum atomic E-state index is 6.02. The lowest BCUT2D eigenvalue weighted by molar-refractivity contribution is 0.0565. The smallest absolute Gasteiger partial charge is 0.0138 e. The van der Waals surface area contributed by atoms with Crippen molar-refractivity contribution < 1.29 is 0 Å². The van der Waals surface area contributed by atoms with Crippen LogP contribution in [-0.2, 0) is 0 Å². The van der Waals surface area contributed by atoms with Crippen molar-refractivity contribution in [1.29, 1.82) is 0 Å². The fourth-order valence-corrected chi connectivity index (χ4v) is 3.99. The van der Waals surface area contributed by atoms with Crippen molar-refractivity contribution in [2.75, 3.05) is 19.6 Å². The summed E-state index contributed by atoms with van der Waals surface area (Å²) in [6.07, 6.45) is 5.48. The maximum absolute atomic E-state index is 6.02. The van der Waals surface area contributed by atoms with Crippen LogP contribution in [0.25, 0.3) is 0 Å². The Hall–Kier alpha value is -0.0800. The van der Waals surface area contributed by atoms with Gasteiger partial charge in [0, 0.05) is 12.6 Å². The first-order valence-corrected chi connectivity index (χ1v) is 7.86. The monoisotopic (exact) mass is 252 g/mol. The number of nitrogens with two attached hydrogens (primary N) is 1. The van der Waals surface area contributed by atoms with E-state index in [0.29, 0.717) is 5.41 Å². The Morgan fingerprint density at radius 3 is 2.39 bits per heavy atom. The molecule has 2 fully saturated rings. The highest BCUT2D eigenvalue weighted by Gasteiger charge is 2.39. The first kappa shape index (κ1) is 14.3. The third-order valence-electron chi connectivity index (χ3n) is 5.41. The van der Waals surface area contributed by atoms with Crippen LogP contribution in [0.15, 0.2) is 0 Å². The van der Waals surface area contributed by atoms with Crippen LogP contribution in [0, 0.1) is 23.2 Å². The Kier molecular flexibility index (Phi) is 4.38. The van der Waals surface area contributed by atoms with Gasteiger partial charge in [0.15, 0.2) is 0 Å². The number of nitrogens with zero attached hydrogens (tertiary/aromatic N) is 1. The summed E-state index contributed by atoms with van der Waals surface area (Å²) >= 11 is 0. The Bertz CT molecular complexity index is 269. The molecule has 2 heteroatoms. The van der Waals surface area contributed by atoms with Gasteiger partial charge in [-0.15, -0.1) is 0 Å². The second kappa shape index (κ2) is 5.50. The van der Waals surface area contributed by atoms with Crippen LogP contribution in [0.1, 0.15) is 53.4 Å². The van der Waals surface area contributed by atoms with E-state index >= 15 is 0 Å². The van der Waals surface area contributed by atoms with Gasteiger partial charge < -0.3 is 5.73 Å². The first-order chi connectivity index (χ1) is 8.41. The van der Waals surface area contributed by atoms with Gasteiger partial charge in [-0.2, -0.15) is 0 Å². The van der Waals surface area contributed by atoms with Gasteiger partial charge >= 0.3 is 0 Å². The SMILES string of the molecule is CC1CCN(C2CC(C(C)(C)C)CCC2CN)C1. The molecule has 18 heavy (non-hydrogen) atoms. The van der Waals surface area contributed by atoms with E-state index < -0.39 is 0 Å². The summed E-state index contributed by atoms with van der Waals surface area (Å²) in [5, 5.41) is 0. The maximum Gasteiger partial charge on any atom is 0.0138 e. The van der Waals surface area contributed by atoms with Crippen LogP contribution in [0.5, 0.6) is 0 Å². The number of hydrogen-bond acceptors (Lipinski definition) is 2. The average molecular weight is 252 g/mol. The Morgan fingerprint density at radius 2 is 1.89 bits per heavy atom. The second-order valence-corrected chi connectivity index (χ2v) is 7.83. The molecule has 0 aromatic heterocycles. The lowest BCUT2D eigenvalue weighted by atomic mass is 9.67. The van der Waals surface area contributed by atoms with Crippen LogP contribution in [-0.4, -0.2) is 30.6 Å². The molecule has 2 N–H and O–H groups in total. The molecule has 4 atom stereocenters. The van der Waals surface area contributed by atoms with Gasteiger partial charge in [-0.3, -0.25) is 4.90 Å². The van der Waals surface area contributed by atoms with E-state index in [4.69, 9.17) is 5.73 Å². The molecule has 0 radical (unpaired) electrons. The van der Waals surface area contributed by atoms with Gasteiger partial charge in [-0.05, 0) is 61.9 Å². The third kappa shape index (κ3) is 3.08. The van der Waals surface area contributed by atoms with Crippen molar-refractivity contribution in [3.8, 4) is 0 Å². The van der Waals surface area contributed by atoms with Gasteiger partial charge in [0.25, 0.3) is 0 Å². The van der Waals surface area contributed by atoms with Crippen LogP contribution in [0.4, 0.5) is 0 Å². The molecule has 106 valence electrons. The Balaban J connectivity index is 2.04. The van der Waals surface area contributed by atoms with Crippen molar-refractivity contribution in [2.45, 2.75) is 59.4 Å². The lowest BCUT2D eigenvalue weighted by Gasteiger charge is -2.45. The van der Waals surface area contributed by atoms with Crippen molar-refractivity contribution in [3.05, 3.63) is 0 Å². The molecule has 1 aliphatic heterocycles. The first-order valence-electron chi connectivity index (χ1n) is 7.86. The van der Waals surface area contributed by atoms with Gasteiger partial charge in [-0.1, -0.05) is 27.7 Å². The van der Waals surface area contributed by atoms with E-state index in [2.05, 4.69) is 32.6 Å². The summed E-state index contributed by atoms with van der Waals surface area (Å²) in [6.45, 7) is 13.1. The zero-order valence-corrected chi connectivity index (χ0v) is 12.8. The largest absolute Gasteiger partial charge is 0.330 e. The summed E-state index contributed by atoms with van der Waals surface area (Å²) < 4.78 is 0. The zero-order chi connectivity index (χ0) is 13.3. The lowest BCUT2D eigenvalue weighted by Crippen LogP contribution is -2.47. The Labute approximate surface area is 113 Å². The molecule has 0 aromatic rings. The van der Waals surface area contributed by atoms with Crippen LogP contribution in [0.2, 0.25) is 0 Å².